The Labute approximate surface area is 144 Å². The maximum absolute atomic E-state index is 9.96. The van der Waals surface area contributed by atoms with E-state index in [0.29, 0.717) is 25.6 Å². The molecule has 0 aromatic carbocycles. The summed E-state index contributed by atoms with van der Waals surface area (Å²) in [6, 6.07) is 2.07. The highest BCUT2D eigenvalue weighted by Crippen LogP contribution is 2.23. The third-order valence-electron chi connectivity index (χ3n) is 4.94. The summed E-state index contributed by atoms with van der Waals surface area (Å²) >= 11 is 0. The Balaban J connectivity index is 1.80. The van der Waals surface area contributed by atoms with Crippen molar-refractivity contribution in [3.05, 3.63) is 17.6 Å². The van der Waals surface area contributed by atoms with Crippen molar-refractivity contribution in [3.63, 3.8) is 0 Å². The molecule has 2 atom stereocenters. The van der Waals surface area contributed by atoms with Crippen molar-refractivity contribution in [1.29, 1.82) is 0 Å². The number of aliphatic hydroxyl groups is 2. The lowest BCUT2D eigenvalue weighted by Crippen LogP contribution is -2.40. The van der Waals surface area contributed by atoms with E-state index in [4.69, 9.17) is 9.97 Å². The van der Waals surface area contributed by atoms with Gasteiger partial charge in [-0.15, -0.1) is 0 Å². The molecule has 0 saturated carbocycles. The van der Waals surface area contributed by atoms with Crippen molar-refractivity contribution >= 4 is 5.82 Å². The lowest BCUT2D eigenvalue weighted by molar-refractivity contribution is 0.0654. The van der Waals surface area contributed by atoms with Gasteiger partial charge in [-0.05, 0) is 38.1 Å². The first-order chi connectivity index (χ1) is 11.5. The van der Waals surface area contributed by atoms with E-state index in [0.717, 1.165) is 56.1 Å². The number of hydrogen-bond acceptors (Lipinski definition) is 6. The largest absolute Gasteiger partial charge is 0.392 e. The van der Waals surface area contributed by atoms with Crippen molar-refractivity contribution in [1.82, 2.24) is 14.9 Å². The van der Waals surface area contributed by atoms with Crippen LogP contribution in [0.1, 0.15) is 57.0 Å². The number of rotatable bonds is 4. The summed E-state index contributed by atoms with van der Waals surface area (Å²) < 4.78 is 0. The molecule has 0 amide bonds. The van der Waals surface area contributed by atoms with Gasteiger partial charge in [0.2, 0.25) is 0 Å². The standard InChI is InChI=1S/C18H30N4O2/c1-13(2)16-9-18(22-8-4-6-15(24)11-22)20-17(19-16)12-21-7-3-5-14(23)10-21/h9,13-15,23-24H,3-8,10-12H2,1-2H3/t14-,15-/m1/s1. The van der Waals surface area contributed by atoms with Gasteiger partial charge in [0.25, 0.3) is 0 Å². The predicted molar refractivity (Wildman–Crippen MR) is 94.1 cm³/mol. The van der Waals surface area contributed by atoms with Gasteiger partial charge in [0.15, 0.2) is 0 Å². The van der Waals surface area contributed by atoms with Gasteiger partial charge in [-0.25, -0.2) is 9.97 Å². The summed E-state index contributed by atoms with van der Waals surface area (Å²) in [6.07, 6.45) is 3.28. The molecule has 134 valence electrons. The molecule has 1 aromatic rings. The summed E-state index contributed by atoms with van der Waals surface area (Å²) in [7, 11) is 0. The van der Waals surface area contributed by atoms with Crippen LogP contribution in [-0.2, 0) is 6.54 Å². The van der Waals surface area contributed by atoms with E-state index in [-0.39, 0.29) is 12.2 Å². The molecule has 0 aliphatic carbocycles. The summed E-state index contributed by atoms with van der Waals surface area (Å²) in [5.41, 5.74) is 1.05. The van der Waals surface area contributed by atoms with Crippen LogP contribution in [0.3, 0.4) is 0 Å². The van der Waals surface area contributed by atoms with E-state index in [1.54, 1.807) is 0 Å². The minimum Gasteiger partial charge on any atom is -0.392 e. The number of nitrogens with zero attached hydrogens (tertiary/aromatic N) is 4. The Kier molecular flexibility index (Phi) is 5.69. The van der Waals surface area contributed by atoms with Gasteiger partial charge in [0, 0.05) is 31.4 Å². The van der Waals surface area contributed by atoms with Gasteiger partial charge >= 0.3 is 0 Å². The van der Waals surface area contributed by atoms with Crippen LogP contribution in [0.5, 0.6) is 0 Å². The van der Waals surface area contributed by atoms with Crippen molar-refractivity contribution < 1.29 is 10.2 Å². The van der Waals surface area contributed by atoms with Crippen molar-refractivity contribution in [2.45, 2.75) is 64.2 Å². The maximum Gasteiger partial charge on any atom is 0.144 e. The van der Waals surface area contributed by atoms with Crippen molar-refractivity contribution in [3.8, 4) is 0 Å². The minimum absolute atomic E-state index is 0.233. The molecule has 3 heterocycles. The smallest absolute Gasteiger partial charge is 0.144 e. The van der Waals surface area contributed by atoms with E-state index in [9.17, 15) is 10.2 Å². The van der Waals surface area contributed by atoms with Crippen molar-refractivity contribution in [2.75, 3.05) is 31.1 Å². The summed E-state index contributed by atoms with van der Waals surface area (Å²) in [6.45, 7) is 8.25. The fraction of sp³-hybridized carbons (Fsp3) is 0.778. The first kappa shape index (κ1) is 17.6. The Morgan fingerprint density at radius 3 is 2.46 bits per heavy atom. The molecular formula is C18H30N4O2. The molecule has 2 aliphatic rings. The van der Waals surface area contributed by atoms with Crippen molar-refractivity contribution in [2.24, 2.45) is 0 Å². The van der Waals surface area contributed by atoms with Gasteiger partial charge in [-0.2, -0.15) is 0 Å². The topological polar surface area (TPSA) is 72.7 Å². The zero-order valence-corrected chi connectivity index (χ0v) is 14.9. The molecule has 2 N–H and O–H groups in total. The average Bonchev–Trinajstić information content (AvgIpc) is 2.54. The molecule has 6 nitrogen and oxygen atoms in total. The van der Waals surface area contributed by atoms with Gasteiger partial charge in [-0.1, -0.05) is 13.8 Å². The van der Waals surface area contributed by atoms with Gasteiger partial charge in [0.05, 0.1) is 18.8 Å². The maximum atomic E-state index is 9.96. The molecule has 3 rings (SSSR count). The second-order valence-electron chi connectivity index (χ2n) is 7.50. The molecule has 1 aromatic heterocycles. The molecule has 0 bridgehead atoms. The molecule has 2 saturated heterocycles. The monoisotopic (exact) mass is 334 g/mol. The summed E-state index contributed by atoms with van der Waals surface area (Å²) in [5.74, 6) is 2.09. The molecule has 24 heavy (non-hydrogen) atoms. The van der Waals surface area contributed by atoms with Crippen LogP contribution in [0.2, 0.25) is 0 Å². The van der Waals surface area contributed by atoms with Gasteiger partial charge in [0.1, 0.15) is 11.6 Å². The average molecular weight is 334 g/mol. The molecule has 0 unspecified atom stereocenters. The predicted octanol–water partition coefficient (Wildman–Crippen LogP) is 1.52. The fourth-order valence-electron chi connectivity index (χ4n) is 3.57. The van der Waals surface area contributed by atoms with Crippen LogP contribution >= 0.6 is 0 Å². The van der Waals surface area contributed by atoms with Crippen LogP contribution < -0.4 is 4.90 Å². The molecule has 0 spiro atoms. The number of hydrogen-bond donors (Lipinski definition) is 2. The molecule has 2 aliphatic heterocycles. The number of piperidine rings is 2. The highest BCUT2D eigenvalue weighted by Gasteiger charge is 2.22. The van der Waals surface area contributed by atoms with Crippen LogP contribution in [0, 0.1) is 0 Å². The van der Waals surface area contributed by atoms with E-state index in [1.807, 2.05) is 0 Å². The number of likely N-dealkylation sites (tertiary alicyclic amines) is 1. The Bertz CT molecular complexity index is 552. The third-order valence-corrected chi connectivity index (χ3v) is 4.94. The molecule has 0 radical (unpaired) electrons. The zero-order valence-electron chi connectivity index (χ0n) is 14.9. The van der Waals surface area contributed by atoms with E-state index < -0.39 is 0 Å². The summed E-state index contributed by atoms with van der Waals surface area (Å²) in [5, 5.41) is 19.8. The third kappa shape index (κ3) is 4.43. The van der Waals surface area contributed by atoms with Crippen LogP contribution in [-0.4, -0.2) is 63.5 Å². The van der Waals surface area contributed by atoms with Gasteiger partial charge in [-0.3, -0.25) is 4.90 Å². The zero-order chi connectivity index (χ0) is 17.1. The number of β-amino-alcohol motifs (C(OH)–C–C–N with tert-alkyl or cyclic N) is 2. The van der Waals surface area contributed by atoms with Crippen LogP contribution in [0.25, 0.3) is 0 Å². The minimum atomic E-state index is -0.267. The second kappa shape index (κ2) is 7.76. The number of aliphatic hydroxyl groups excluding tert-OH is 2. The molecule has 2 fully saturated rings. The lowest BCUT2D eigenvalue weighted by Gasteiger charge is -2.32. The number of anilines is 1. The Morgan fingerprint density at radius 2 is 1.79 bits per heavy atom. The lowest BCUT2D eigenvalue weighted by atomic mass is 10.1. The highest BCUT2D eigenvalue weighted by molar-refractivity contribution is 5.41. The highest BCUT2D eigenvalue weighted by atomic mass is 16.3. The quantitative estimate of drug-likeness (QED) is 0.870. The Hall–Kier alpha value is -1.24. The summed E-state index contributed by atoms with van der Waals surface area (Å²) in [4.78, 5) is 13.9. The fourth-order valence-corrected chi connectivity index (χ4v) is 3.57. The van der Waals surface area contributed by atoms with Gasteiger partial charge < -0.3 is 15.1 Å². The SMILES string of the molecule is CC(C)c1cc(N2CCC[C@@H](O)C2)nc(CN2CCC[C@@H](O)C2)n1. The van der Waals surface area contributed by atoms with E-state index >= 15 is 0 Å². The normalized spacial score (nSPS) is 26.1. The van der Waals surface area contributed by atoms with E-state index in [2.05, 4.69) is 29.7 Å². The number of aromatic nitrogens is 2. The van der Waals surface area contributed by atoms with E-state index in [1.165, 1.54) is 0 Å². The first-order valence-electron chi connectivity index (χ1n) is 9.22. The second-order valence-corrected chi connectivity index (χ2v) is 7.50. The Morgan fingerprint density at radius 1 is 1.08 bits per heavy atom. The molecular weight excluding hydrogens is 304 g/mol. The molecule has 6 heteroatoms. The van der Waals surface area contributed by atoms with Crippen LogP contribution in [0.4, 0.5) is 5.82 Å². The van der Waals surface area contributed by atoms with Crippen LogP contribution in [0.15, 0.2) is 6.07 Å². The first-order valence-corrected chi connectivity index (χ1v) is 9.22.